The largest absolute Gasteiger partial charge is 0.362 e. The number of benzene rings is 1. The SMILES string of the molecule is Cn1c(SCCCN2CC3CCN(c4c(F)cccc4F)C3C2)nnc1-c1cccnc1. The molecule has 2 atom stereocenters. The van der Waals surface area contributed by atoms with E-state index in [4.69, 9.17) is 0 Å². The molecule has 2 saturated heterocycles. The summed E-state index contributed by atoms with van der Waals surface area (Å²) >= 11 is 1.70. The topological polar surface area (TPSA) is 50.1 Å². The van der Waals surface area contributed by atoms with Crippen molar-refractivity contribution in [3.63, 3.8) is 0 Å². The van der Waals surface area contributed by atoms with Gasteiger partial charge in [0.15, 0.2) is 11.0 Å². The summed E-state index contributed by atoms with van der Waals surface area (Å²) in [5.41, 5.74) is 1.10. The van der Waals surface area contributed by atoms with E-state index < -0.39 is 11.6 Å². The number of aromatic nitrogens is 4. The van der Waals surface area contributed by atoms with E-state index >= 15 is 0 Å². The van der Waals surface area contributed by atoms with Gasteiger partial charge in [-0.05, 0) is 49.6 Å². The summed E-state index contributed by atoms with van der Waals surface area (Å²) in [7, 11) is 1.97. The Morgan fingerprint density at radius 3 is 2.72 bits per heavy atom. The minimum atomic E-state index is -0.463. The maximum Gasteiger partial charge on any atom is 0.191 e. The molecule has 0 spiro atoms. The molecule has 9 heteroatoms. The molecule has 2 unspecified atom stereocenters. The van der Waals surface area contributed by atoms with E-state index in [-0.39, 0.29) is 11.7 Å². The zero-order chi connectivity index (χ0) is 22.1. The van der Waals surface area contributed by atoms with Crippen LogP contribution in [-0.2, 0) is 7.05 Å². The Hall–Kier alpha value is -2.52. The molecule has 0 bridgehead atoms. The van der Waals surface area contributed by atoms with Crippen LogP contribution in [0.4, 0.5) is 14.5 Å². The van der Waals surface area contributed by atoms with Crippen LogP contribution < -0.4 is 4.90 Å². The quantitative estimate of drug-likeness (QED) is 0.398. The molecule has 2 fully saturated rings. The molecule has 0 N–H and O–H groups in total. The molecule has 0 amide bonds. The van der Waals surface area contributed by atoms with Gasteiger partial charge in [0.2, 0.25) is 0 Å². The lowest BCUT2D eigenvalue weighted by atomic mass is 10.0. The van der Waals surface area contributed by atoms with Crippen molar-refractivity contribution >= 4 is 17.4 Å². The van der Waals surface area contributed by atoms with Gasteiger partial charge in [-0.15, -0.1) is 10.2 Å². The predicted octanol–water partition coefficient (Wildman–Crippen LogP) is 3.85. The molecule has 5 rings (SSSR count). The van der Waals surface area contributed by atoms with Gasteiger partial charge in [-0.1, -0.05) is 17.8 Å². The molecule has 32 heavy (non-hydrogen) atoms. The molecule has 0 radical (unpaired) electrons. The molecule has 2 aliphatic heterocycles. The Morgan fingerprint density at radius 2 is 1.94 bits per heavy atom. The molecule has 4 heterocycles. The third-order valence-corrected chi connectivity index (χ3v) is 7.56. The molecule has 0 saturated carbocycles. The number of para-hydroxylation sites is 1. The first-order valence-electron chi connectivity index (χ1n) is 11.0. The van der Waals surface area contributed by atoms with Crippen molar-refractivity contribution in [2.75, 3.05) is 36.8 Å². The standard InChI is InChI=1S/C23H26F2N6S/c1-29-22(16-5-3-9-26-13-16)27-28-23(29)32-12-4-10-30-14-17-8-11-31(20(17)15-30)21-18(24)6-2-7-19(21)25/h2-3,5-7,9,13,17,20H,4,8,10-12,14-15H2,1H3. The number of pyridine rings is 1. The van der Waals surface area contributed by atoms with Crippen LogP contribution in [-0.4, -0.2) is 62.6 Å². The van der Waals surface area contributed by atoms with Crippen molar-refractivity contribution in [2.45, 2.75) is 24.0 Å². The Labute approximate surface area is 190 Å². The monoisotopic (exact) mass is 456 g/mol. The number of anilines is 1. The number of likely N-dealkylation sites (tertiary alicyclic amines) is 1. The number of hydrogen-bond donors (Lipinski definition) is 0. The zero-order valence-electron chi connectivity index (χ0n) is 18.0. The van der Waals surface area contributed by atoms with E-state index in [0.29, 0.717) is 5.92 Å². The highest BCUT2D eigenvalue weighted by molar-refractivity contribution is 7.99. The second-order valence-electron chi connectivity index (χ2n) is 8.45. The van der Waals surface area contributed by atoms with Gasteiger partial charge in [0.05, 0.1) is 0 Å². The van der Waals surface area contributed by atoms with Crippen LogP contribution in [0.3, 0.4) is 0 Å². The van der Waals surface area contributed by atoms with Crippen molar-refractivity contribution in [3.8, 4) is 11.4 Å². The minimum Gasteiger partial charge on any atom is -0.362 e. The summed E-state index contributed by atoms with van der Waals surface area (Å²) in [6.45, 7) is 3.55. The smallest absolute Gasteiger partial charge is 0.191 e. The van der Waals surface area contributed by atoms with Crippen molar-refractivity contribution < 1.29 is 8.78 Å². The summed E-state index contributed by atoms with van der Waals surface area (Å²) in [5.74, 6) is 1.30. The maximum atomic E-state index is 14.3. The number of fused-ring (bicyclic) bond motifs is 1. The van der Waals surface area contributed by atoms with E-state index in [0.717, 1.165) is 61.3 Å². The molecule has 3 aromatic rings. The summed E-state index contributed by atoms with van der Waals surface area (Å²) in [6.07, 6.45) is 5.54. The maximum absolute atomic E-state index is 14.3. The van der Waals surface area contributed by atoms with Crippen molar-refractivity contribution in [3.05, 3.63) is 54.4 Å². The van der Waals surface area contributed by atoms with Crippen molar-refractivity contribution in [1.82, 2.24) is 24.6 Å². The van der Waals surface area contributed by atoms with Gasteiger partial charge in [0.25, 0.3) is 0 Å². The number of halogens is 2. The van der Waals surface area contributed by atoms with Gasteiger partial charge in [-0.3, -0.25) is 4.98 Å². The average molecular weight is 457 g/mol. The predicted molar refractivity (Wildman–Crippen MR) is 122 cm³/mol. The van der Waals surface area contributed by atoms with Crippen LogP contribution in [0.2, 0.25) is 0 Å². The second kappa shape index (κ2) is 9.15. The molecular weight excluding hydrogens is 430 g/mol. The van der Waals surface area contributed by atoms with Gasteiger partial charge < -0.3 is 14.4 Å². The fraction of sp³-hybridized carbons (Fsp3) is 0.435. The summed E-state index contributed by atoms with van der Waals surface area (Å²) in [5, 5.41) is 9.52. The van der Waals surface area contributed by atoms with Crippen LogP contribution in [0.1, 0.15) is 12.8 Å². The molecular formula is C23H26F2N6S. The summed E-state index contributed by atoms with van der Waals surface area (Å²) < 4.78 is 30.6. The first-order chi connectivity index (χ1) is 15.6. The molecule has 2 aliphatic rings. The molecule has 1 aromatic carbocycles. The lowest BCUT2D eigenvalue weighted by Crippen LogP contribution is -2.36. The first-order valence-corrected chi connectivity index (χ1v) is 12.0. The first kappa shape index (κ1) is 21.3. The van der Waals surface area contributed by atoms with Crippen LogP contribution in [0.5, 0.6) is 0 Å². The van der Waals surface area contributed by atoms with Gasteiger partial charge >= 0.3 is 0 Å². The summed E-state index contributed by atoms with van der Waals surface area (Å²) in [6, 6.07) is 8.19. The van der Waals surface area contributed by atoms with E-state index in [2.05, 4.69) is 20.1 Å². The fourth-order valence-electron chi connectivity index (χ4n) is 4.91. The molecule has 168 valence electrons. The van der Waals surface area contributed by atoms with Crippen LogP contribution in [0, 0.1) is 17.6 Å². The van der Waals surface area contributed by atoms with Crippen LogP contribution in [0.15, 0.2) is 47.9 Å². The lowest BCUT2D eigenvalue weighted by molar-refractivity contribution is 0.318. The Kier molecular flexibility index (Phi) is 6.10. The number of thioether (sulfide) groups is 1. The number of nitrogens with zero attached hydrogens (tertiary/aromatic N) is 6. The molecule has 0 aliphatic carbocycles. The van der Waals surface area contributed by atoms with Crippen molar-refractivity contribution in [1.29, 1.82) is 0 Å². The Balaban J connectivity index is 1.13. The highest BCUT2D eigenvalue weighted by atomic mass is 32.2. The highest BCUT2D eigenvalue weighted by Crippen LogP contribution is 2.37. The highest BCUT2D eigenvalue weighted by Gasteiger charge is 2.42. The zero-order valence-corrected chi connectivity index (χ0v) is 18.8. The third kappa shape index (κ3) is 4.11. The normalized spacial score (nSPS) is 20.8. The molecule has 2 aromatic heterocycles. The van der Waals surface area contributed by atoms with Crippen LogP contribution >= 0.6 is 11.8 Å². The Morgan fingerprint density at radius 1 is 1.09 bits per heavy atom. The lowest BCUT2D eigenvalue weighted by Gasteiger charge is -2.27. The summed E-state index contributed by atoms with van der Waals surface area (Å²) in [4.78, 5) is 8.53. The number of hydrogen-bond acceptors (Lipinski definition) is 6. The van der Waals surface area contributed by atoms with Gasteiger partial charge in [-0.2, -0.15) is 0 Å². The van der Waals surface area contributed by atoms with E-state index in [9.17, 15) is 8.78 Å². The van der Waals surface area contributed by atoms with E-state index in [1.807, 2.05) is 28.6 Å². The average Bonchev–Trinajstić information content (AvgIpc) is 3.47. The van der Waals surface area contributed by atoms with Crippen LogP contribution in [0.25, 0.3) is 11.4 Å². The third-order valence-electron chi connectivity index (χ3n) is 6.45. The van der Waals surface area contributed by atoms with Gasteiger partial charge in [0.1, 0.15) is 17.3 Å². The van der Waals surface area contributed by atoms with Crippen molar-refractivity contribution in [2.24, 2.45) is 13.0 Å². The van der Waals surface area contributed by atoms with Gasteiger partial charge in [-0.25, -0.2) is 8.78 Å². The van der Waals surface area contributed by atoms with Gasteiger partial charge in [0, 0.05) is 56.4 Å². The minimum absolute atomic E-state index is 0.143. The Bertz CT molecular complexity index is 1060. The van der Waals surface area contributed by atoms with E-state index in [1.165, 1.54) is 18.2 Å². The molecule has 6 nitrogen and oxygen atoms in total. The number of rotatable bonds is 7. The van der Waals surface area contributed by atoms with E-state index in [1.54, 1.807) is 24.2 Å². The fourth-order valence-corrected chi connectivity index (χ4v) is 5.75. The second-order valence-corrected chi connectivity index (χ2v) is 9.51.